The number of rotatable bonds is 3. The van der Waals surface area contributed by atoms with Gasteiger partial charge in [0.2, 0.25) is 5.79 Å². The molecule has 1 saturated carbocycles. The Kier molecular flexibility index (Phi) is 3.36. The van der Waals surface area contributed by atoms with E-state index in [1.165, 1.54) is 14.2 Å². The minimum absolute atomic E-state index is 0.110. The normalized spacial score (nSPS) is 43.6. The van der Waals surface area contributed by atoms with Crippen LogP contribution in [0.15, 0.2) is 0 Å². The minimum atomic E-state index is -1.30. The molecule has 1 aliphatic heterocycles. The van der Waals surface area contributed by atoms with Crippen LogP contribution in [0.4, 0.5) is 0 Å². The van der Waals surface area contributed by atoms with Gasteiger partial charge in [-0.05, 0) is 6.42 Å². The van der Waals surface area contributed by atoms with E-state index >= 15 is 0 Å². The van der Waals surface area contributed by atoms with Gasteiger partial charge in [-0.2, -0.15) is 0 Å². The Hall–Kier alpha value is 0.310. The number of hydrogen-bond donors (Lipinski definition) is 1. The zero-order valence-corrected chi connectivity index (χ0v) is 12.7. The highest BCUT2D eigenvalue weighted by atomic mass is 79.9. The molecular weight excluding hydrogens is 360 g/mol. The topological polar surface area (TPSA) is 65.0 Å². The molecule has 2 fully saturated rings. The summed E-state index contributed by atoms with van der Waals surface area (Å²) in [4.78, 5) is 12.0. The van der Waals surface area contributed by atoms with Crippen LogP contribution < -0.4 is 0 Å². The summed E-state index contributed by atoms with van der Waals surface area (Å²) >= 11 is 6.90. The van der Waals surface area contributed by atoms with Crippen LogP contribution in [0.25, 0.3) is 0 Å². The number of fused-ring (bicyclic) bond motifs is 1. The second kappa shape index (κ2) is 4.16. The van der Waals surface area contributed by atoms with Crippen molar-refractivity contribution in [2.24, 2.45) is 5.92 Å². The first kappa shape index (κ1) is 13.7. The maximum atomic E-state index is 12.0. The van der Waals surface area contributed by atoms with Gasteiger partial charge in [-0.25, -0.2) is 0 Å². The third-order valence-electron chi connectivity index (χ3n) is 3.74. The summed E-state index contributed by atoms with van der Waals surface area (Å²) in [6.45, 7) is 0.0950. The highest BCUT2D eigenvalue weighted by molar-refractivity contribution is 9.11. The van der Waals surface area contributed by atoms with Gasteiger partial charge >= 0.3 is 5.97 Å². The fraction of sp³-hybridized carbons (Fsp3) is 0.900. The molecule has 98 valence electrons. The lowest BCUT2D eigenvalue weighted by atomic mass is 9.93. The Balaban J connectivity index is 2.57. The van der Waals surface area contributed by atoms with Gasteiger partial charge in [0.25, 0.3) is 0 Å². The van der Waals surface area contributed by atoms with Crippen LogP contribution >= 0.6 is 31.9 Å². The summed E-state index contributed by atoms with van der Waals surface area (Å²) in [6, 6.07) is 0. The van der Waals surface area contributed by atoms with Crippen LogP contribution in [-0.2, 0) is 19.0 Å². The molecule has 0 aromatic rings. The monoisotopic (exact) mass is 372 g/mol. The number of alkyl halides is 2. The summed E-state index contributed by atoms with van der Waals surface area (Å²) in [6.07, 6.45) is 0.516. The van der Waals surface area contributed by atoms with Gasteiger partial charge < -0.3 is 19.3 Å². The van der Waals surface area contributed by atoms with Gasteiger partial charge in [0.1, 0.15) is 4.32 Å². The van der Waals surface area contributed by atoms with E-state index in [0.717, 1.165) is 0 Å². The Labute approximate surface area is 116 Å². The largest absolute Gasteiger partial charge is 0.464 e. The van der Waals surface area contributed by atoms with E-state index in [4.69, 9.17) is 14.2 Å². The first-order chi connectivity index (χ1) is 7.91. The highest BCUT2D eigenvalue weighted by Crippen LogP contribution is 2.62. The Morgan fingerprint density at radius 2 is 2.06 bits per heavy atom. The molecular formula is C10H14Br2O5. The van der Waals surface area contributed by atoms with E-state index < -0.39 is 20.4 Å². The molecule has 1 heterocycles. The number of carbonyl (C=O) groups is 1. The molecule has 2 aliphatic rings. The van der Waals surface area contributed by atoms with Crippen molar-refractivity contribution in [1.29, 1.82) is 0 Å². The van der Waals surface area contributed by atoms with Crippen molar-refractivity contribution in [2.45, 2.75) is 20.9 Å². The lowest BCUT2D eigenvalue weighted by molar-refractivity contribution is -0.234. The van der Waals surface area contributed by atoms with Gasteiger partial charge in [0, 0.05) is 20.1 Å². The van der Waals surface area contributed by atoms with Crippen molar-refractivity contribution in [3.63, 3.8) is 0 Å². The molecule has 3 atom stereocenters. The average Bonchev–Trinajstić information content (AvgIpc) is 2.70. The summed E-state index contributed by atoms with van der Waals surface area (Å²) < 4.78 is 14.1. The van der Waals surface area contributed by atoms with Crippen LogP contribution in [0.3, 0.4) is 0 Å². The zero-order valence-electron chi connectivity index (χ0n) is 9.53. The second-order valence-electron chi connectivity index (χ2n) is 4.36. The zero-order chi connectivity index (χ0) is 12.9. The van der Waals surface area contributed by atoms with E-state index in [2.05, 4.69) is 31.9 Å². The number of cyclic esters (lactones) is 1. The third kappa shape index (κ3) is 1.37. The van der Waals surface area contributed by atoms with E-state index in [1.54, 1.807) is 0 Å². The number of aliphatic hydroxyl groups excluding tert-OH is 1. The molecule has 0 aromatic heterocycles. The number of aliphatic hydroxyl groups is 1. The van der Waals surface area contributed by atoms with Gasteiger partial charge in [-0.1, -0.05) is 31.9 Å². The average molecular weight is 374 g/mol. The molecule has 0 unspecified atom stereocenters. The molecule has 0 spiro atoms. The van der Waals surface area contributed by atoms with Crippen molar-refractivity contribution in [1.82, 2.24) is 0 Å². The molecule has 0 bridgehead atoms. The summed E-state index contributed by atoms with van der Waals surface area (Å²) in [7, 11) is 2.90. The number of halogens is 2. The van der Waals surface area contributed by atoms with E-state index in [0.29, 0.717) is 13.0 Å². The molecule has 0 amide bonds. The van der Waals surface area contributed by atoms with Gasteiger partial charge in [-0.15, -0.1) is 0 Å². The standard InChI is InChI=1S/C10H14Br2O5/c1-15-10(16-2)8(11,5-13)3-6-4-17-7(14)9(6,10)12/h6,13H,3-5H2,1-2H3/t6-,8-,9+/m1/s1. The van der Waals surface area contributed by atoms with Crippen LogP contribution in [0.2, 0.25) is 0 Å². The summed E-state index contributed by atoms with van der Waals surface area (Å²) in [5, 5.41) is 9.60. The predicted octanol–water partition coefficient (Wildman–Crippen LogP) is 0.812. The molecule has 0 radical (unpaired) electrons. The molecule has 5 nitrogen and oxygen atoms in total. The first-order valence-corrected chi connectivity index (χ1v) is 6.76. The minimum Gasteiger partial charge on any atom is -0.464 e. The Morgan fingerprint density at radius 3 is 2.53 bits per heavy atom. The quantitative estimate of drug-likeness (QED) is 0.450. The van der Waals surface area contributed by atoms with Crippen LogP contribution in [0.1, 0.15) is 6.42 Å². The Bertz CT molecular complexity index is 346. The van der Waals surface area contributed by atoms with Crippen LogP contribution in [0.5, 0.6) is 0 Å². The van der Waals surface area contributed by atoms with Gasteiger partial charge in [0.05, 0.1) is 13.2 Å². The van der Waals surface area contributed by atoms with Crippen molar-refractivity contribution < 1.29 is 24.1 Å². The summed E-state index contributed by atoms with van der Waals surface area (Å²) in [5.74, 6) is -1.82. The van der Waals surface area contributed by atoms with E-state index in [1.807, 2.05) is 0 Å². The molecule has 7 heteroatoms. The first-order valence-electron chi connectivity index (χ1n) is 5.18. The highest BCUT2D eigenvalue weighted by Gasteiger charge is 2.78. The summed E-state index contributed by atoms with van der Waals surface area (Å²) in [5.41, 5.74) is 0. The van der Waals surface area contributed by atoms with E-state index in [-0.39, 0.29) is 12.5 Å². The Morgan fingerprint density at radius 1 is 1.47 bits per heavy atom. The van der Waals surface area contributed by atoms with Crippen molar-refractivity contribution >= 4 is 37.8 Å². The number of carbonyl (C=O) groups excluding carboxylic acids is 1. The lowest BCUT2D eigenvalue weighted by Crippen LogP contribution is -2.63. The van der Waals surface area contributed by atoms with Gasteiger partial charge in [0.15, 0.2) is 4.32 Å². The van der Waals surface area contributed by atoms with E-state index in [9.17, 15) is 9.90 Å². The molecule has 17 heavy (non-hydrogen) atoms. The number of hydrogen-bond acceptors (Lipinski definition) is 5. The predicted molar refractivity (Wildman–Crippen MR) is 66.2 cm³/mol. The third-order valence-corrected chi connectivity index (χ3v) is 6.33. The smallest absolute Gasteiger partial charge is 0.328 e. The van der Waals surface area contributed by atoms with Gasteiger partial charge in [-0.3, -0.25) is 4.79 Å². The van der Waals surface area contributed by atoms with Crippen molar-refractivity contribution in [3.05, 3.63) is 0 Å². The second-order valence-corrected chi connectivity index (χ2v) is 7.13. The molecule has 1 aliphatic carbocycles. The fourth-order valence-electron chi connectivity index (χ4n) is 2.93. The molecule has 1 N–H and O–H groups in total. The fourth-order valence-corrected chi connectivity index (χ4v) is 5.34. The number of esters is 1. The van der Waals surface area contributed by atoms with Crippen molar-refractivity contribution in [3.8, 4) is 0 Å². The van der Waals surface area contributed by atoms with Crippen LogP contribution in [-0.4, -0.2) is 52.9 Å². The maximum absolute atomic E-state index is 12.0. The number of methoxy groups -OCH3 is 2. The SMILES string of the molecule is COC1(OC)[C@](Br)(CO)C[C@@H]2COC(=O)[C@@]21Br. The molecule has 2 rings (SSSR count). The molecule has 1 saturated heterocycles. The maximum Gasteiger partial charge on any atom is 0.328 e. The van der Waals surface area contributed by atoms with Crippen molar-refractivity contribution in [2.75, 3.05) is 27.4 Å². The molecule has 0 aromatic carbocycles. The van der Waals surface area contributed by atoms with Crippen LogP contribution in [0, 0.1) is 5.92 Å². The lowest BCUT2D eigenvalue weighted by Gasteiger charge is -2.44. The number of ether oxygens (including phenoxy) is 3.